The van der Waals surface area contributed by atoms with E-state index in [0.717, 1.165) is 28.8 Å². The molecule has 2 aromatic heterocycles. The third-order valence-corrected chi connectivity index (χ3v) is 6.08. The number of fused-ring (bicyclic) bond motifs is 1. The van der Waals surface area contributed by atoms with Crippen molar-refractivity contribution in [2.45, 2.75) is 31.5 Å². The molecule has 1 fully saturated rings. The number of anilines is 1. The number of H-pyrrole nitrogens is 1. The average molecular weight is 489 g/mol. The Morgan fingerprint density at radius 2 is 2.03 bits per heavy atom. The van der Waals surface area contributed by atoms with Gasteiger partial charge >= 0.3 is 6.36 Å². The third kappa shape index (κ3) is 5.56. The van der Waals surface area contributed by atoms with Gasteiger partial charge in [0.25, 0.3) is 5.91 Å². The van der Waals surface area contributed by atoms with Crippen LogP contribution in [-0.2, 0) is 4.74 Å². The van der Waals surface area contributed by atoms with Crippen LogP contribution in [0.2, 0.25) is 0 Å². The van der Waals surface area contributed by atoms with Gasteiger partial charge in [0.1, 0.15) is 11.6 Å². The van der Waals surface area contributed by atoms with Crippen LogP contribution in [0.15, 0.2) is 37.0 Å². The highest BCUT2D eigenvalue weighted by Crippen LogP contribution is 2.34. The monoisotopic (exact) mass is 489 g/mol. The van der Waals surface area contributed by atoms with Crippen molar-refractivity contribution in [1.29, 1.82) is 0 Å². The minimum absolute atomic E-state index is 0.0617. The van der Waals surface area contributed by atoms with E-state index in [1.54, 1.807) is 18.2 Å². The second kappa shape index (κ2) is 9.95. The van der Waals surface area contributed by atoms with Crippen molar-refractivity contribution in [2.75, 3.05) is 32.5 Å². The molecule has 3 aromatic rings. The number of piperidine rings is 1. The molecule has 35 heavy (non-hydrogen) atoms. The lowest BCUT2D eigenvalue weighted by molar-refractivity contribution is -0.274. The van der Waals surface area contributed by atoms with Crippen molar-refractivity contribution in [1.82, 2.24) is 19.9 Å². The number of likely N-dealkylation sites (tertiary alicyclic amines) is 1. The van der Waals surface area contributed by atoms with Crippen LogP contribution in [0.3, 0.4) is 0 Å². The van der Waals surface area contributed by atoms with Crippen LogP contribution in [0.5, 0.6) is 5.75 Å². The Morgan fingerprint density at radius 1 is 1.29 bits per heavy atom. The van der Waals surface area contributed by atoms with Crippen LogP contribution in [0, 0.1) is 0 Å². The Morgan fingerprint density at radius 3 is 2.69 bits per heavy atom. The molecule has 0 radical (unpaired) electrons. The maximum Gasteiger partial charge on any atom is 0.573 e. The highest BCUT2D eigenvalue weighted by Gasteiger charge is 2.32. The van der Waals surface area contributed by atoms with Crippen molar-refractivity contribution in [3.63, 3.8) is 0 Å². The molecule has 8 nitrogen and oxygen atoms in total. The van der Waals surface area contributed by atoms with E-state index < -0.39 is 12.1 Å². The number of hydrogen-bond donors (Lipinski definition) is 2. The fourth-order valence-corrected chi connectivity index (χ4v) is 4.28. The summed E-state index contributed by atoms with van der Waals surface area (Å²) in [4.78, 5) is 26.9. The number of methoxy groups -OCH3 is 1. The van der Waals surface area contributed by atoms with E-state index >= 15 is 0 Å². The van der Waals surface area contributed by atoms with Gasteiger partial charge in [-0.2, -0.15) is 0 Å². The maximum atomic E-state index is 13.0. The average Bonchev–Trinajstić information content (AvgIpc) is 3.26. The summed E-state index contributed by atoms with van der Waals surface area (Å²) in [7, 11) is 1.63. The molecule has 0 bridgehead atoms. The number of benzene rings is 1. The number of aromatic nitrogens is 3. The number of carbonyl (C=O) groups is 1. The molecule has 1 aliphatic heterocycles. The first-order valence-corrected chi connectivity index (χ1v) is 11.1. The second-order valence-corrected chi connectivity index (χ2v) is 8.39. The predicted molar refractivity (Wildman–Crippen MR) is 125 cm³/mol. The molecule has 11 heteroatoms. The highest BCUT2D eigenvalue weighted by atomic mass is 19.4. The maximum absolute atomic E-state index is 13.0. The number of amides is 1. The number of ether oxygens (including phenoxy) is 2. The molecule has 1 amide bonds. The normalized spacial score (nSPS) is 14.9. The molecule has 0 aliphatic carbocycles. The summed E-state index contributed by atoms with van der Waals surface area (Å²) in [5.74, 6) is 0.0801. The zero-order valence-electron chi connectivity index (χ0n) is 19.2. The van der Waals surface area contributed by atoms with Crippen LogP contribution >= 0.6 is 0 Å². The summed E-state index contributed by atoms with van der Waals surface area (Å²) in [5.41, 5.74) is 9.33. The molecular weight excluding hydrogens is 463 g/mol. The first kappa shape index (κ1) is 24.5. The molecule has 186 valence electrons. The molecule has 3 N–H and O–H groups in total. The molecular formula is C24H26F3N5O3. The number of nitrogens with one attached hydrogen (secondary N) is 1. The number of hydrogen-bond acceptors (Lipinski definition) is 6. The Kier molecular flexibility index (Phi) is 6.97. The lowest BCUT2D eigenvalue weighted by Crippen LogP contribution is -2.38. The number of aromatic amines is 1. The van der Waals surface area contributed by atoms with Crippen LogP contribution in [-0.4, -0.2) is 58.9 Å². The van der Waals surface area contributed by atoms with E-state index in [4.69, 9.17) is 10.5 Å². The molecule has 1 aromatic carbocycles. The summed E-state index contributed by atoms with van der Waals surface area (Å²) >= 11 is 0. The molecule has 4 rings (SSSR count). The predicted octanol–water partition coefficient (Wildman–Crippen LogP) is 4.51. The molecule has 0 atom stereocenters. The first-order valence-electron chi connectivity index (χ1n) is 11.1. The largest absolute Gasteiger partial charge is 0.573 e. The van der Waals surface area contributed by atoms with Crippen molar-refractivity contribution in [3.05, 3.63) is 54.0 Å². The minimum atomic E-state index is -4.83. The van der Waals surface area contributed by atoms with Gasteiger partial charge in [-0.15, -0.1) is 13.2 Å². The van der Waals surface area contributed by atoms with E-state index in [-0.39, 0.29) is 23.1 Å². The zero-order valence-corrected chi connectivity index (χ0v) is 19.2. The van der Waals surface area contributed by atoms with E-state index in [1.807, 2.05) is 6.07 Å². The van der Waals surface area contributed by atoms with Gasteiger partial charge in [0.2, 0.25) is 0 Å². The van der Waals surface area contributed by atoms with Crippen molar-refractivity contribution < 1.29 is 27.4 Å². The molecule has 1 aliphatic rings. The molecule has 0 saturated carbocycles. The van der Waals surface area contributed by atoms with Gasteiger partial charge in [-0.05, 0) is 54.5 Å². The van der Waals surface area contributed by atoms with Gasteiger partial charge in [-0.1, -0.05) is 6.58 Å². The quantitative estimate of drug-likeness (QED) is 0.473. The number of nitrogen functional groups attached to an aromatic ring is 1. The third-order valence-electron chi connectivity index (χ3n) is 6.08. The fraction of sp³-hybridized carbons (Fsp3) is 0.375. The van der Waals surface area contributed by atoms with E-state index in [0.29, 0.717) is 50.4 Å². The molecule has 1 saturated heterocycles. The Bertz CT molecular complexity index is 1230. The number of imidazole rings is 1. The summed E-state index contributed by atoms with van der Waals surface area (Å²) in [6.45, 7) is 5.58. The number of alkyl halides is 3. The lowest BCUT2D eigenvalue weighted by Gasteiger charge is -2.32. The number of pyridine rings is 1. The number of rotatable bonds is 7. The van der Waals surface area contributed by atoms with Crippen molar-refractivity contribution in [3.8, 4) is 5.75 Å². The SMILES string of the molecule is C=C(CCOC)c1nc2nccc(C3CCN(C(=O)c4ccc(OC(F)(F)F)cc4N)CC3)c2[nH]1. The van der Waals surface area contributed by atoms with Crippen molar-refractivity contribution in [2.24, 2.45) is 0 Å². The van der Waals surface area contributed by atoms with E-state index in [9.17, 15) is 18.0 Å². The summed E-state index contributed by atoms with van der Waals surface area (Å²) in [6, 6.07) is 5.33. The number of halogens is 3. The minimum Gasteiger partial charge on any atom is -0.406 e. The first-order chi connectivity index (χ1) is 16.7. The standard InChI is InChI=1S/C24H26F3N5O3/c1-14(8-12-34-2)21-30-20-17(5-9-29-22(20)31-21)15-6-10-32(11-7-15)23(33)18-4-3-16(13-19(18)28)35-24(25,26)27/h3-5,9,13,15H,1,6-8,10-12,28H2,2H3,(H,29,30,31). The van der Waals surface area contributed by atoms with Gasteiger partial charge in [0.15, 0.2) is 5.65 Å². The van der Waals surface area contributed by atoms with Gasteiger partial charge in [0, 0.05) is 38.1 Å². The lowest BCUT2D eigenvalue weighted by atomic mass is 9.89. The summed E-state index contributed by atoms with van der Waals surface area (Å²) < 4.78 is 46.3. The van der Waals surface area contributed by atoms with Gasteiger partial charge in [-0.3, -0.25) is 4.79 Å². The molecule has 3 heterocycles. The van der Waals surface area contributed by atoms with Gasteiger partial charge in [-0.25, -0.2) is 9.97 Å². The Balaban J connectivity index is 1.45. The summed E-state index contributed by atoms with van der Waals surface area (Å²) in [6.07, 6.45) is -1.04. The summed E-state index contributed by atoms with van der Waals surface area (Å²) in [5, 5.41) is 0. The molecule has 0 spiro atoms. The molecule has 0 unspecified atom stereocenters. The van der Waals surface area contributed by atoms with Crippen LogP contribution in [0.25, 0.3) is 16.7 Å². The number of nitrogens with two attached hydrogens (primary N) is 1. The van der Waals surface area contributed by atoms with Gasteiger partial charge in [0.05, 0.1) is 17.7 Å². The van der Waals surface area contributed by atoms with Gasteiger partial charge < -0.3 is 25.1 Å². The van der Waals surface area contributed by atoms with E-state index in [1.165, 1.54) is 6.07 Å². The fourth-order valence-electron chi connectivity index (χ4n) is 4.28. The topological polar surface area (TPSA) is 106 Å². The number of carbonyl (C=O) groups excluding carboxylic acids is 1. The Labute approximate surface area is 199 Å². The zero-order chi connectivity index (χ0) is 25.2. The van der Waals surface area contributed by atoms with Crippen LogP contribution in [0.4, 0.5) is 18.9 Å². The smallest absolute Gasteiger partial charge is 0.406 e. The highest BCUT2D eigenvalue weighted by molar-refractivity contribution is 5.99. The van der Waals surface area contributed by atoms with E-state index in [2.05, 4.69) is 26.3 Å². The second-order valence-electron chi connectivity index (χ2n) is 8.39. The number of nitrogens with zero attached hydrogens (tertiary/aromatic N) is 3. The van der Waals surface area contributed by atoms with Crippen LogP contribution < -0.4 is 10.5 Å². The van der Waals surface area contributed by atoms with Crippen molar-refractivity contribution >= 4 is 28.3 Å². The van der Waals surface area contributed by atoms with Crippen LogP contribution in [0.1, 0.15) is 46.9 Å². The Hall–Kier alpha value is -3.60.